The fourth-order valence-electron chi connectivity index (χ4n) is 5.92. The van der Waals surface area contributed by atoms with Crippen molar-refractivity contribution in [1.29, 1.82) is 0 Å². The van der Waals surface area contributed by atoms with Gasteiger partial charge < -0.3 is 26.0 Å². The van der Waals surface area contributed by atoms with Crippen molar-refractivity contribution in [3.8, 4) is 0 Å². The Hall–Kier alpha value is -2.66. The van der Waals surface area contributed by atoms with Crippen LogP contribution in [0.4, 0.5) is 0 Å². The molecule has 6 atom stereocenters. The molecular formula is C37H66N2O9. The van der Waals surface area contributed by atoms with Crippen molar-refractivity contribution in [2.24, 2.45) is 17.8 Å². The predicted octanol–water partition coefficient (Wildman–Crippen LogP) is 5.46. The topological polar surface area (TPSA) is 187 Å². The molecule has 0 spiro atoms. The van der Waals surface area contributed by atoms with Crippen LogP contribution >= 0.6 is 0 Å². The zero-order valence-electron chi connectivity index (χ0n) is 30.4. The molecule has 2 amide bonds. The van der Waals surface area contributed by atoms with Crippen molar-refractivity contribution in [3.05, 3.63) is 0 Å². The second-order valence-electron chi connectivity index (χ2n) is 13.6. The molecular weight excluding hydrogens is 616 g/mol. The van der Waals surface area contributed by atoms with Gasteiger partial charge in [0.1, 0.15) is 17.9 Å². The minimum Gasteiger partial charge on any atom is -0.481 e. The maximum Gasteiger partial charge on any atom is 0.303 e. The summed E-state index contributed by atoms with van der Waals surface area (Å²) in [5.74, 6) is -5.61. The number of ketones is 3. The van der Waals surface area contributed by atoms with E-state index in [9.17, 15) is 44.1 Å². The first-order chi connectivity index (χ1) is 22.8. The smallest absolute Gasteiger partial charge is 0.303 e. The summed E-state index contributed by atoms with van der Waals surface area (Å²) < 4.78 is 0. The van der Waals surface area contributed by atoms with Crippen LogP contribution in [0.1, 0.15) is 157 Å². The summed E-state index contributed by atoms with van der Waals surface area (Å²) in [6.45, 7) is 7.99. The number of nitrogens with one attached hydrogen (secondary N) is 2. The second kappa shape index (κ2) is 27.2. The standard InChI is InChI=1S/C37H66N2O9/c1-6-8-9-10-11-12-13-14-15-16-17-18-19-20-34(45)38-31(25-40)32(43)23-29(21-22-35(46)47)37(48)39-36(28(5)42)33(44)24-30(27(4)41)26(3)7-2/h26,28-31,36,40,42H,6-25H2,1-5H3,(H,38,45)(H,39,48)(H,46,47)/t26-,28+,29+,30-,31-,36-/m0/s1. The number of carboxylic acid groups (broad SMARTS) is 1. The van der Waals surface area contributed by atoms with Crippen LogP contribution in [-0.4, -0.2) is 75.2 Å². The third-order valence-electron chi connectivity index (χ3n) is 9.34. The molecule has 0 aliphatic heterocycles. The van der Waals surface area contributed by atoms with Crippen LogP contribution in [0.5, 0.6) is 0 Å². The lowest BCUT2D eigenvalue weighted by atomic mass is 9.83. The SMILES string of the molecule is CCCCCCCCCCCCCCCC(=O)N[C@@H](CO)C(=O)C[C@@H](CCC(=O)O)C(=O)N[C@H](C(=O)C[C@H](C(C)=O)[C@@H](C)CC)[C@@H](C)O. The van der Waals surface area contributed by atoms with E-state index in [1.165, 1.54) is 71.6 Å². The van der Waals surface area contributed by atoms with E-state index in [1.54, 1.807) is 0 Å². The third kappa shape index (κ3) is 20.6. The van der Waals surface area contributed by atoms with E-state index < -0.39 is 78.8 Å². The number of aliphatic hydroxyl groups excluding tert-OH is 2. The van der Waals surface area contributed by atoms with Crippen LogP contribution < -0.4 is 10.6 Å². The van der Waals surface area contributed by atoms with E-state index >= 15 is 0 Å². The Balaban J connectivity index is 4.97. The first-order valence-electron chi connectivity index (χ1n) is 18.4. The number of hydrogen-bond acceptors (Lipinski definition) is 8. The normalized spacial score (nSPS) is 15.1. The van der Waals surface area contributed by atoms with Crippen LogP contribution in [0, 0.1) is 17.8 Å². The van der Waals surface area contributed by atoms with E-state index in [0.29, 0.717) is 12.8 Å². The van der Waals surface area contributed by atoms with Crippen molar-refractivity contribution in [2.75, 3.05) is 6.61 Å². The van der Waals surface area contributed by atoms with Gasteiger partial charge >= 0.3 is 5.97 Å². The largest absolute Gasteiger partial charge is 0.481 e. The summed E-state index contributed by atoms with van der Waals surface area (Å²) in [6.07, 6.45) is 13.4. The molecule has 0 aliphatic rings. The highest BCUT2D eigenvalue weighted by Gasteiger charge is 2.34. The van der Waals surface area contributed by atoms with Gasteiger partial charge in [-0.05, 0) is 32.6 Å². The molecule has 0 aliphatic carbocycles. The van der Waals surface area contributed by atoms with E-state index in [-0.39, 0.29) is 31.0 Å². The van der Waals surface area contributed by atoms with Crippen molar-refractivity contribution in [1.82, 2.24) is 10.6 Å². The van der Waals surface area contributed by atoms with Crippen molar-refractivity contribution in [3.63, 3.8) is 0 Å². The van der Waals surface area contributed by atoms with Crippen LogP contribution in [0.25, 0.3) is 0 Å². The molecule has 0 bridgehead atoms. The maximum absolute atomic E-state index is 13.3. The number of aliphatic carboxylic acids is 1. The molecule has 278 valence electrons. The Bertz CT molecular complexity index is 968. The molecule has 0 aromatic heterocycles. The van der Waals surface area contributed by atoms with Gasteiger partial charge in [0.2, 0.25) is 11.8 Å². The van der Waals surface area contributed by atoms with Gasteiger partial charge in [-0.3, -0.25) is 28.8 Å². The summed E-state index contributed by atoms with van der Waals surface area (Å²) in [4.78, 5) is 75.4. The number of rotatable bonds is 31. The molecule has 0 saturated heterocycles. The third-order valence-corrected chi connectivity index (χ3v) is 9.34. The lowest BCUT2D eigenvalue weighted by molar-refractivity contribution is -0.139. The van der Waals surface area contributed by atoms with Crippen molar-refractivity contribution >= 4 is 35.1 Å². The van der Waals surface area contributed by atoms with Gasteiger partial charge in [0.15, 0.2) is 11.6 Å². The molecule has 0 fully saturated rings. The predicted molar refractivity (Wildman–Crippen MR) is 186 cm³/mol. The fraction of sp³-hybridized carbons (Fsp3) is 0.838. The number of carbonyl (C=O) groups is 6. The number of amides is 2. The average Bonchev–Trinajstić information content (AvgIpc) is 3.04. The van der Waals surface area contributed by atoms with E-state index in [4.69, 9.17) is 0 Å². The number of unbranched alkanes of at least 4 members (excludes halogenated alkanes) is 12. The van der Waals surface area contributed by atoms with E-state index in [2.05, 4.69) is 17.6 Å². The van der Waals surface area contributed by atoms with Gasteiger partial charge in [0.25, 0.3) is 0 Å². The first-order valence-corrected chi connectivity index (χ1v) is 18.4. The second-order valence-corrected chi connectivity index (χ2v) is 13.6. The number of aliphatic hydroxyl groups is 2. The minimum atomic E-state index is -1.36. The highest BCUT2D eigenvalue weighted by atomic mass is 16.4. The lowest BCUT2D eigenvalue weighted by Gasteiger charge is -2.27. The zero-order chi connectivity index (χ0) is 36.5. The Morgan fingerprint density at radius 1 is 0.688 bits per heavy atom. The van der Waals surface area contributed by atoms with Gasteiger partial charge in [-0.15, -0.1) is 0 Å². The van der Waals surface area contributed by atoms with Crippen molar-refractivity contribution in [2.45, 2.75) is 175 Å². The molecule has 5 N–H and O–H groups in total. The Morgan fingerprint density at radius 3 is 1.65 bits per heavy atom. The Morgan fingerprint density at radius 2 is 1.21 bits per heavy atom. The first kappa shape index (κ1) is 45.3. The van der Waals surface area contributed by atoms with Gasteiger partial charge in [0, 0.05) is 37.5 Å². The number of carbonyl (C=O) groups excluding carboxylic acids is 5. The van der Waals surface area contributed by atoms with Gasteiger partial charge in [-0.1, -0.05) is 104 Å². The molecule has 11 heteroatoms. The highest BCUT2D eigenvalue weighted by Crippen LogP contribution is 2.22. The monoisotopic (exact) mass is 682 g/mol. The molecule has 0 heterocycles. The number of hydrogen-bond donors (Lipinski definition) is 5. The molecule has 0 radical (unpaired) electrons. The van der Waals surface area contributed by atoms with Crippen LogP contribution in [0.3, 0.4) is 0 Å². The molecule has 0 aromatic carbocycles. The van der Waals surface area contributed by atoms with Crippen LogP contribution in [0.2, 0.25) is 0 Å². The lowest BCUT2D eigenvalue weighted by Crippen LogP contribution is -2.51. The van der Waals surface area contributed by atoms with E-state index in [1.807, 2.05) is 13.8 Å². The fourth-order valence-corrected chi connectivity index (χ4v) is 5.92. The summed E-state index contributed by atoms with van der Waals surface area (Å²) in [7, 11) is 0. The van der Waals surface area contributed by atoms with Crippen LogP contribution in [-0.2, 0) is 28.8 Å². The summed E-state index contributed by atoms with van der Waals surface area (Å²) in [5, 5.41) is 34.4. The van der Waals surface area contributed by atoms with Crippen molar-refractivity contribution < 1.29 is 44.1 Å². The molecule has 11 nitrogen and oxygen atoms in total. The Kier molecular flexibility index (Phi) is 25.7. The molecule has 0 unspecified atom stereocenters. The van der Waals surface area contributed by atoms with Gasteiger partial charge in [0.05, 0.1) is 12.7 Å². The molecule has 0 rings (SSSR count). The quantitative estimate of drug-likeness (QED) is 0.0592. The van der Waals surface area contributed by atoms with Gasteiger partial charge in [-0.2, -0.15) is 0 Å². The maximum atomic E-state index is 13.3. The average molecular weight is 683 g/mol. The molecule has 48 heavy (non-hydrogen) atoms. The number of carboxylic acids is 1. The number of Topliss-reactive ketones (excluding diaryl/α,β-unsaturated/α-hetero) is 3. The highest BCUT2D eigenvalue weighted by molar-refractivity contribution is 5.96. The zero-order valence-corrected chi connectivity index (χ0v) is 30.4. The van der Waals surface area contributed by atoms with Gasteiger partial charge in [-0.25, -0.2) is 0 Å². The summed E-state index contributed by atoms with van der Waals surface area (Å²) >= 11 is 0. The summed E-state index contributed by atoms with van der Waals surface area (Å²) in [5.41, 5.74) is 0. The molecule has 0 aromatic rings. The van der Waals surface area contributed by atoms with Crippen LogP contribution in [0.15, 0.2) is 0 Å². The van der Waals surface area contributed by atoms with E-state index in [0.717, 1.165) is 19.3 Å². The summed E-state index contributed by atoms with van der Waals surface area (Å²) in [6, 6.07) is -2.62. The molecule has 0 saturated carbocycles. The minimum absolute atomic E-state index is 0.0899. The Labute approximate surface area is 288 Å².